The quantitative estimate of drug-likeness (QED) is 0.0972. The third-order valence-electron chi connectivity index (χ3n) is 6.01. The van der Waals surface area contributed by atoms with Crippen LogP contribution in [0.4, 0.5) is 17.8 Å². The summed E-state index contributed by atoms with van der Waals surface area (Å²) < 4.78 is 21.6. The van der Waals surface area contributed by atoms with Gasteiger partial charge < -0.3 is 51.1 Å². The summed E-state index contributed by atoms with van der Waals surface area (Å²) >= 11 is 0. The second kappa shape index (κ2) is 19.0. The summed E-state index contributed by atoms with van der Waals surface area (Å²) in [5.41, 5.74) is 7.71. The number of aromatic nitrogens is 3. The van der Waals surface area contributed by atoms with E-state index in [1.807, 2.05) is 30.3 Å². The minimum atomic E-state index is -0.179. The Morgan fingerprint density at radius 1 is 0.814 bits per heavy atom. The molecule has 43 heavy (non-hydrogen) atoms. The van der Waals surface area contributed by atoms with Gasteiger partial charge in [-0.05, 0) is 30.2 Å². The molecule has 234 valence electrons. The number of amides is 1. The third-order valence-corrected chi connectivity index (χ3v) is 6.01. The standard InChI is InChI=1S/C29H42N8O6/c1-40-24-6-3-5-23(25(24)41-2)20-34-29-36-27(32-12-4-14-38)35-28(37-29)33-19-21-7-9-22(10-8-21)26(39)31-13-16-43-18-17-42-15-11-30/h3,5-10,38H,4,11-20,30H2,1-2H3,(H,31,39)(H3,32,33,34,35,36,37). The van der Waals surface area contributed by atoms with Crippen LogP contribution >= 0.6 is 0 Å². The molecule has 7 N–H and O–H groups in total. The first-order chi connectivity index (χ1) is 21.1. The normalized spacial score (nSPS) is 10.7. The second-order valence-electron chi connectivity index (χ2n) is 9.14. The third kappa shape index (κ3) is 11.5. The number of carbonyl (C=O) groups is 1. The molecule has 1 amide bonds. The molecule has 14 heteroatoms. The molecule has 2 aromatic carbocycles. The fourth-order valence-electron chi connectivity index (χ4n) is 3.86. The fourth-order valence-corrected chi connectivity index (χ4v) is 3.86. The molecule has 0 radical (unpaired) electrons. The van der Waals surface area contributed by atoms with Crippen LogP contribution in [0.5, 0.6) is 11.5 Å². The van der Waals surface area contributed by atoms with Gasteiger partial charge in [0.25, 0.3) is 5.91 Å². The van der Waals surface area contributed by atoms with Gasteiger partial charge in [0.05, 0.1) is 40.6 Å². The van der Waals surface area contributed by atoms with Crippen molar-refractivity contribution in [3.8, 4) is 11.5 Å². The average Bonchev–Trinajstić information content (AvgIpc) is 3.04. The summed E-state index contributed by atoms with van der Waals surface area (Å²) in [6.07, 6.45) is 0.551. The minimum absolute atomic E-state index is 0.0524. The van der Waals surface area contributed by atoms with Gasteiger partial charge in [0.2, 0.25) is 17.8 Å². The highest BCUT2D eigenvalue weighted by Gasteiger charge is 2.12. The zero-order chi connectivity index (χ0) is 30.7. The first-order valence-corrected chi connectivity index (χ1v) is 14.1. The number of carbonyl (C=O) groups excluding carboxylic acids is 1. The average molecular weight is 599 g/mol. The van der Waals surface area contributed by atoms with Gasteiger partial charge in [0, 0.05) is 50.5 Å². The number of rotatable bonds is 21. The van der Waals surface area contributed by atoms with Crippen LogP contribution in [0.3, 0.4) is 0 Å². The Labute approximate surface area is 251 Å². The molecule has 0 atom stereocenters. The molecule has 0 aliphatic rings. The topological polar surface area (TPSA) is 187 Å². The van der Waals surface area contributed by atoms with E-state index < -0.39 is 0 Å². The van der Waals surface area contributed by atoms with Gasteiger partial charge in [-0.3, -0.25) is 4.79 Å². The van der Waals surface area contributed by atoms with Gasteiger partial charge in [-0.15, -0.1) is 0 Å². The molecule has 3 aromatic rings. The van der Waals surface area contributed by atoms with Crippen LogP contribution < -0.4 is 36.5 Å². The molecule has 0 saturated carbocycles. The van der Waals surface area contributed by atoms with Crippen molar-refractivity contribution in [2.24, 2.45) is 5.73 Å². The molecule has 0 fully saturated rings. The molecular formula is C29H42N8O6. The van der Waals surface area contributed by atoms with Gasteiger partial charge in [0.15, 0.2) is 11.5 Å². The predicted octanol–water partition coefficient (Wildman–Crippen LogP) is 1.63. The molecule has 1 aromatic heterocycles. The van der Waals surface area contributed by atoms with Crippen molar-refractivity contribution in [1.82, 2.24) is 20.3 Å². The van der Waals surface area contributed by atoms with Crippen LogP contribution in [0.15, 0.2) is 42.5 Å². The molecule has 0 saturated heterocycles. The van der Waals surface area contributed by atoms with Crippen LogP contribution in [0, 0.1) is 0 Å². The highest BCUT2D eigenvalue weighted by atomic mass is 16.5. The van der Waals surface area contributed by atoms with Gasteiger partial charge in [0.1, 0.15) is 0 Å². The Balaban J connectivity index is 1.56. The van der Waals surface area contributed by atoms with E-state index in [1.165, 1.54) is 0 Å². The number of methoxy groups -OCH3 is 2. The molecular weight excluding hydrogens is 556 g/mol. The van der Waals surface area contributed by atoms with E-state index in [1.54, 1.807) is 26.4 Å². The first kappa shape index (κ1) is 33.3. The number of nitrogens with two attached hydrogens (primary N) is 1. The summed E-state index contributed by atoms with van der Waals surface area (Å²) in [7, 11) is 3.18. The zero-order valence-corrected chi connectivity index (χ0v) is 24.7. The summed E-state index contributed by atoms with van der Waals surface area (Å²) in [4.78, 5) is 25.9. The largest absolute Gasteiger partial charge is 0.493 e. The monoisotopic (exact) mass is 598 g/mol. The zero-order valence-electron chi connectivity index (χ0n) is 24.7. The number of aliphatic hydroxyl groups excluding tert-OH is 1. The lowest BCUT2D eigenvalue weighted by molar-refractivity contribution is 0.0511. The summed E-state index contributed by atoms with van der Waals surface area (Å²) in [6.45, 7) is 4.07. The number of benzene rings is 2. The van der Waals surface area contributed by atoms with E-state index in [0.717, 1.165) is 11.1 Å². The van der Waals surface area contributed by atoms with Crippen molar-refractivity contribution in [3.05, 3.63) is 59.2 Å². The SMILES string of the molecule is COc1cccc(CNc2nc(NCCCO)nc(NCc3ccc(C(=O)NCCOCCOCCN)cc3)n2)c1OC. The maximum Gasteiger partial charge on any atom is 0.251 e. The number of para-hydroxylation sites is 1. The number of nitrogens with zero attached hydrogens (tertiary/aromatic N) is 3. The maximum atomic E-state index is 12.4. The second-order valence-corrected chi connectivity index (χ2v) is 9.14. The van der Waals surface area contributed by atoms with Crippen LogP contribution in [0.1, 0.15) is 27.9 Å². The first-order valence-electron chi connectivity index (χ1n) is 14.1. The minimum Gasteiger partial charge on any atom is -0.493 e. The Bertz CT molecular complexity index is 1250. The van der Waals surface area contributed by atoms with Gasteiger partial charge in [-0.25, -0.2) is 0 Å². The van der Waals surface area contributed by atoms with Crippen molar-refractivity contribution < 1.29 is 28.8 Å². The van der Waals surface area contributed by atoms with Crippen molar-refractivity contribution >= 4 is 23.8 Å². The number of hydrogen-bond donors (Lipinski definition) is 6. The molecule has 14 nitrogen and oxygen atoms in total. The highest BCUT2D eigenvalue weighted by molar-refractivity contribution is 5.94. The number of nitrogens with one attached hydrogen (secondary N) is 4. The molecule has 0 aliphatic carbocycles. The molecule has 1 heterocycles. The lowest BCUT2D eigenvalue weighted by Crippen LogP contribution is -2.27. The summed E-state index contributed by atoms with van der Waals surface area (Å²) in [6, 6.07) is 12.9. The lowest BCUT2D eigenvalue weighted by Gasteiger charge is -2.14. The van der Waals surface area contributed by atoms with Crippen molar-refractivity contribution in [2.45, 2.75) is 19.5 Å². The number of ether oxygens (including phenoxy) is 4. The molecule has 0 aliphatic heterocycles. The van der Waals surface area contributed by atoms with Crippen LogP contribution in [-0.4, -0.2) is 92.9 Å². The predicted molar refractivity (Wildman–Crippen MR) is 164 cm³/mol. The van der Waals surface area contributed by atoms with E-state index in [9.17, 15) is 4.79 Å². The van der Waals surface area contributed by atoms with Crippen molar-refractivity contribution in [1.29, 1.82) is 0 Å². The molecule has 0 spiro atoms. The molecule has 0 unspecified atom stereocenters. The number of aliphatic hydroxyl groups is 1. The summed E-state index contributed by atoms with van der Waals surface area (Å²) in [5, 5.41) is 21.5. The Morgan fingerprint density at radius 2 is 1.49 bits per heavy atom. The lowest BCUT2D eigenvalue weighted by atomic mass is 10.1. The van der Waals surface area contributed by atoms with Crippen LogP contribution in [0.2, 0.25) is 0 Å². The van der Waals surface area contributed by atoms with E-state index in [-0.39, 0.29) is 12.5 Å². The van der Waals surface area contributed by atoms with Crippen molar-refractivity contribution in [3.63, 3.8) is 0 Å². The smallest absolute Gasteiger partial charge is 0.251 e. The van der Waals surface area contributed by atoms with Crippen LogP contribution in [0.25, 0.3) is 0 Å². The number of anilines is 3. The van der Waals surface area contributed by atoms with Gasteiger partial charge >= 0.3 is 0 Å². The maximum absolute atomic E-state index is 12.4. The van der Waals surface area contributed by atoms with E-state index in [4.69, 9.17) is 29.8 Å². The van der Waals surface area contributed by atoms with E-state index in [2.05, 4.69) is 36.2 Å². The van der Waals surface area contributed by atoms with Gasteiger partial charge in [-0.2, -0.15) is 15.0 Å². The highest BCUT2D eigenvalue weighted by Crippen LogP contribution is 2.31. The summed E-state index contributed by atoms with van der Waals surface area (Å²) in [5.74, 6) is 2.15. The van der Waals surface area contributed by atoms with Crippen LogP contribution in [-0.2, 0) is 22.6 Å². The van der Waals surface area contributed by atoms with Gasteiger partial charge in [-0.1, -0.05) is 24.3 Å². The van der Waals surface area contributed by atoms with E-state index >= 15 is 0 Å². The Morgan fingerprint density at radius 3 is 2.14 bits per heavy atom. The Kier molecular flexibility index (Phi) is 14.7. The number of hydrogen-bond acceptors (Lipinski definition) is 13. The van der Waals surface area contributed by atoms with E-state index in [0.29, 0.717) is 100 Å². The van der Waals surface area contributed by atoms with Crippen molar-refractivity contribution in [2.75, 3.05) is 82.8 Å². The Hall–Kier alpha value is -4.24. The molecule has 3 rings (SSSR count). The molecule has 0 bridgehead atoms. The fraction of sp³-hybridized carbons (Fsp3) is 0.448.